The number of rotatable bonds is 1. The fourth-order valence-electron chi connectivity index (χ4n) is 0.859. The van der Waals surface area contributed by atoms with Gasteiger partial charge in [0.25, 0.3) is 5.91 Å². The van der Waals surface area contributed by atoms with Crippen LogP contribution in [0, 0.1) is 0 Å². The molecule has 0 saturated heterocycles. The van der Waals surface area contributed by atoms with Crippen LogP contribution in [0.15, 0.2) is 22.7 Å². The fourth-order valence-corrected chi connectivity index (χ4v) is 1.67. The summed E-state index contributed by atoms with van der Waals surface area (Å²) in [5.41, 5.74) is 10.1. The van der Waals surface area contributed by atoms with E-state index in [4.69, 9.17) is 17.3 Å². The Morgan fingerprint density at radius 2 is 2.13 bits per heavy atom. The molecule has 0 unspecified atom stereocenters. The molecule has 15 heavy (non-hydrogen) atoms. The second-order valence-corrected chi connectivity index (χ2v) is 4.33. The molecule has 0 aromatic heterocycles. The molecule has 80 valence electrons. The second kappa shape index (κ2) is 5.29. The lowest BCUT2D eigenvalue weighted by Gasteiger charge is -2.07. The number of benzene rings is 1. The Morgan fingerprint density at radius 1 is 1.47 bits per heavy atom. The number of hydrogen-bond donors (Lipinski definition) is 3. The van der Waals surface area contributed by atoms with Gasteiger partial charge in [0.15, 0.2) is 5.11 Å². The molecule has 0 radical (unpaired) electrons. The van der Waals surface area contributed by atoms with Crippen LogP contribution in [-0.4, -0.2) is 11.0 Å². The van der Waals surface area contributed by atoms with E-state index in [1.165, 1.54) is 0 Å². The second-order valence-electron chi connectivity index (χ2n) is 2.57. The molecule has 7 heteroatoms. The molecular formula is C8H7BrClN3OS. The summed E-state index contributed by atoms with van der Waals surface area (Å²) < 4.78 is 0.798. The Hall–Kier alpha value is -0.850. The molecule has 0 bridgehead atoms. The lowest BCUT2D eigenvalue weighted by atomic mass is 10.2. The molecule has 0 aliphatic carbocycles. The largest absolute Gasteiger partial charge is 0.375 e. The van der Waals surface area contributed by atoms with Crippen molar-refractivity contribution in [2.45, 2.75) is 0 Å². The molecule has 1 aromatic rings. The van der Waals surface area contributed by atoms with Gasteiger partial charge >= 0.3 is 0 Å². The Kier molecular flexibility index (Phi) is 4.31. The van der Waals surface area contributed by atoms with Gasteiger partial charge in [0, 0.05) is 4.47 Å². The monoisotopic (exact) mass is 307 g/mol. The molecular weight excluding hydrogens is 302 g/mol. The van der Waals surface area contributed by atoms with Gasteiger partial charge in [0.05, 0.1) is 10.6 Å². The van der Waals surface area contributed by atoms with Gasteiger partial charge in [0.1, 0.15) is 0 Å². The van der Waals surface area contributed by atoms with Crippen molar-refractivity contribution in [3.8, 4) is 0 Å². The molecule has 0 spiro atoms. The third kappa shape index (κ3) is 3.65. The lowest BCUT2D eigenvalue weighted by molar-refractivity contribution is 0.0944. The first kappa shape index (κ1) is 12.2. The van der Waals surface area contributed by atoms with Gasteiger partial charge in [-0.15, -0.1) is 0 Å². The molecule has 1 rings (SSSR count). The van der Waals surface area contributed by atoms with Crippen LogP contribution < -0.4 is 16.6 Å². The molecule has 4 nitrogen and oxygen atoms in total. The molecule has 0 saturated carbocycles. The van der Waals surface area contributed by atoms with Crippen LogP contribution in [0.25, 0.3) is 0 Å². The quantitative estimate of drug-likeness (QED) is 0.544. The number of nitrogens with one attached hydrogen (secondary N) is 2. The number of nitrogens with two attached hydrogens (primary N) is 1. The summed E-state index contributed by atoms with van der Waals surface area (Å²) in [6.45, 7) is 0. The first-order chi connectivity index (χ1) is 7.00. The van der Waals surface area contributed by atoms with Gasteiger partial charge in [-0.25, -0.2) is 0 Å². The van der Waals surface area contributed by atoms with Crippen LogP contribution in [0.1, 0.15) is 10.4 Å². The first-order valence-corrected chi connectivity index (χ1v) is 5.39. The molecule has 0 heterocycles. The number of thiocarbonyl (C=S) groups is 1. The van der Waals surface area contributed by atoms with Crippen molar-refractivity contribution in [1.29, 1.82) is 0 Å². The van der Waals surface area contributed by atoms with Crippen LogP contribution in [0.3, 0.4) is 0 Å². The Morgan fingerprint density at radius 3 is 2.67 bits per heavy atom. The Labute approximate surface area is 105 Å². The summed E-state index contributed by atoms with van der Waals surface area (Å²) in [5.74, 6) is -0.402. The maximum atomic E-state index is 11.5. The molecule has 0 aliphatic rings. The van der Waals surface area contributed by atoms with E-state index >= 15 is 0 Å². The number of carbonyl (C=O) groups excluding carboxylic acids is 1. The molecule has 0 fully saturated rings. The van der Waals surface area contributed by atoms with Crippen molar-refractivity contribution in [1.82, 2.24) is 10.9 Å². The zero-order valence-electron chi connectivity index (χ0n) is 7.38. The Bertz CT molecular complexity index is 413. The van der Waals surface area contributed by atoms with E-state index < -0.39 is 5.91 Å². The van der Waals surface area contributed by atoms with E-state index in [0.717, 1.165) is 4.47 Å². The van der Waals surface area contributed by atoms with Crippen LogP contribution in [-0.2, 0) is 0 Å². The average molecular weight is 309 g/mol. The average Bonchev–Trinajstić information content (AvgIpc) is 2.14. The smallest absolute Gasteiger partial charge is 0.271 e. The zero-order chi connectivity index (χ0) is 11.4. The summed E-state index contributed by atoms with van der Waals surface area (Å²) in [4.78, 5) is 11.5. The number of carbonyl (C=O) groups is 1. The van der Waals surface area contributed by atoms with Crippen LogP contribution >= 0.6 is 39.7 Å². The highest BCUT2D eigenvalue weighted by atomic mass is 79.9. The van der Waals surface area contributed by atoms with Crippen molar-refractivity contribution >= 4 is 50.8 Å². The number of hydrogen-bond acceptors (Lipinski definition) is 2. The molecule has 0 aliphatic heterocycles. The summed E-state index contributed by atoms with van der Waals surface area (Å²) in [6, 6.07) is 4.92. The third-order valence-corrected chi connectivity index (χ3v) is 2.38. The maximum Gasteiger partial charge on any atom is 0.271 e. The van der Waals surface area contributed by atoms with Crippen LogP contribution in [0.2, 0.25) is 5.02 Å². The van der Waals surface area contributed by atoms with E-state index in [0.29, 0.717) is 10.6 Å². The fraction of sp³-hybridized carbons (Fsp3) is 0. The Balaban J connectivity index is 2.78. The van der Waals surface area contributed by atoms with Gasteiger partial charge in [-0.1, -0.05) is 27.5 Å². The van der Waals surface area contributed by atoms with E-state index in [1.807, 2.05) is 0 Å². The molecule has 1 amide bonds. The molecule has 4 N–H and O–H groups in total. The van der Waals surface area contributed by atoms with Crippen LogP contribution in [0.4, 0.5) is 0 Å². The van der Waals surface area contributed by atoms with Crippen LogP contribution in [0.5, 0.6) is 0 Å². The third-order valence-electron chi connectivity index (χ3n) is 1.47. The summed E-state index contributed by atoms with van der Waals surface area (Å²) in [7, 11) is 0. The van der Waals surface area contributed by atoms with Crippen molar-refractivity contribution in [3.63, 3.8) is 0 Å². The highest BCUT2D eigenvalue weighted by molar-refractivity contribution is 9.10. The van der Waals surface area contributed by atoms with E-state index in [9.17, 15) is 4.79 Å². The standard InChI is InChI=1S/C8H7BrClN3OS/c9-4-1-2-5(6(10)3-4)7(14)12-13-8(11)15/h1-3H,(H,12,14)(H3,11,13,15). The van der Waals surface area contributed by atoms with Gasteiger partial charge in [-0.3, -0.25) is 15.6 Å². The first-order valence-electron chi connectivity index (χ1n) is 3.81. The molecule has 1 aromatic carbocycles. The highest BCUT2D eigenvalue weighted by Gasteiger charge is 2.09. The predicted molar refractivity (Wildman–Crippen MR) is 66.5 cm³/mol. The number of halogens is 2. The summed E-state index contributed by atoms with van der Waals surface area (Å²) >= 11 is 13.6. The summed E-state index contributed by atoms with van der Waals surface area (Å²) in [5, 5.41) is 0.322. The molecule has 0 atom stereocenters. The zero-order valence-corrected chi connectivity index (χ0v) is 10.5. The normalized spacial score (nSPS) is 9.47. The van der Waals surface area contributed by atoms with E-state index in [2.05, 4.69) is 39.0 Å². The van der Waals surface area contributed by atoms with Crippen molar-refractivity contribution in [2.75, 3.05) is 0 Å². The minimum atomic E-state index is -0.402. The maximum absolute atomic E-state index is 11.5. The number of hydrazine groups is 1. The van der Waals surface area contributed by atoms with E-state index in [1.54, 1.807) is 18.2 Å². The van der Waals surface area contributed by atoms with Gasteiger partial charge < -0.3 is 5.73 Å². The minimum Gasteiger partial charge on any atom is -0.375 e. The topological polar surface area (TPSA) is 67.2 Å². The van der Waals surface area contributed by atoms with Crippen molar-refractivity contribution in [2.24, 2.45) is 5.73 Å². The van der Waals surface area contributed by atoms with Crippen molar-refractivity contribution in [3.05, 3.63) is 33.3 Å². The van der Waals surface area contributed by atoms with Gasteiger partial charge in [0.2, 0.25) is 0 Å². The van der Waals surface area contributed by atoms with Gasteiger partial charge in [-0.2, -0.15) is 0 Å². The van der Waals surface area contributed by atoms with Gasteiger partial charge in [-0.05, 0) is 30.4 Å². The SMILES string of the molecule is NC(=S)NNC(=O)c1ccc(Br)cc1Cl. The van der Waals surface area contributed by atoms with Crippen molar-refractivity contribution < 1.29 is 4.79 Å². The van der Waals surface area contributed by atoms with E-state index in [-0.39, 0.29) is 5.11 Å². The predicted octanol–water partition coefficient (Wildman–Crippen LogP) is 1.58. The summed E-state index contributed by atoms with van der Waals surface area (Å²) in [6.07, 6.45) is 0. The minimum absolute atomic E-state index is 0.0171. The number of amides is 1. The highest BCUT2D eigenvalue weighted by Crippen LogP contribution is 2.20. The lowest BCUT2D eigenvalue weighted by Crippen LogP contribution is -2.44.